The summed E-state index contributed by atoms with van der Waals surface area (Å²) in [6.45, 7) is -0.665. The zero-order chi connectivity index (χ0) is 27.7. The molecule has 13 heteroatoms. The Hall–Kier alpha value is -3.75. The van der Waals surface area contributed by atoms with Gasteiger partial charge in [-0.3, -0.25) is 4.79 Å². The standard InChI is InChI=1S/C25H28O13/c1-32-12-6-14(34-3)13(33-2)5-10(12)11-9-36-15-7-16(24(35-4)21(29)18(15)19(11)27)37-25-23(31)22(30)20(28)17(8-26)38-25/h5-7,9,17,20,22-23,25-26,28-31H,8H2,1-4H3/t17?,20-,22?,23+,25-/m1/s1. The van der Waals surface area contributed by atoms with Gasteiger partial charge in [0.2, 0.25) is 17.5 Å². The van der Waals surface area contributed by atoms with E-state index in [2.05, 4.69) is 0 Å². The van der Waals surface area contributed by atoms with Gasteiger partial charge in [-0.2, -0.15) is 0 Å². The summed E-state index contributed by atoms with van der Waals surface area (Å²) in [5.74, 6) is -0.145. The van der Waals surface area contributed by atoms with E-state index in [0.29, 0.717) is 17.1 Å². The molecule has 0 aliphatic carbocycles. The SMILES string of the molecule is COc1cc(OC)c(-c2coc3cc(O[C@@H]4OC(CO)[C@@H](O)C(O)[C@@H]4O)c(OC)c(O)c3c2=O)cc1OC. The molecule has 4 rings (SSSR count). The first kappa shape index (κ1) is 27.3. The number of benzene rings is 2. The van der Waals surface area contributed by atoms with E-state index >= 15 is 0 Å². The molecule has 2 heterocycles. The van der Waals surface area contributed by atoms with Gasteiger partial charge in [0.1, 0.15) is 47.4 Å². The molecule has 1 aliphatic rings. The Morgan fingerprint density at radius 2 is 1.47 bits per heavy atom. The van der Waals surface area contributed by atoms with Gasteiger partial charge in [-0.25, -0.2) is 0 Å². The van der Waals surface area contributed by atoms with Gasteiger partial charge in [-0.15, -0.1) is 0 Å². The number of phenols is 1. The second-order valence-electron chi connectivity index (χ2n) is 8.33. The maximum atomic E-state index is 13.6. The van der Waals surface area contributed by atoms with Crippen molar-refractivity contribution in [3.63, 3.8) is 0 Å². The molecule has 2 unspecified atom stereocenters. The van der Waals surface area contributed by atoms with Crippen molar-refractivity contribution in [3.8, 4) is 45.6 Å². The molecule has 3 aromatic rings. The summed E-state index contributed by atoms with van der Waals surface area (Å²) in [6.07, 6.45) is -6.64. The van der Waals surface area contributed by atoms with E-state index in [1.54, 1.807) is 0 Å². The van der Waals surface area contributed by atoms with Crippen molar-refractivity contribution >= 4 is 11.0 Å². The average Bonchev–Trinajstić information content (AvgIpc) is 2.92. The molecular weight excluding hydrogens is 508 g/mol. The van der Waals surface area contributed by atoms with Gasteiger partial charge in [0, 0.05) is 17.7 Å². The molecule has 5 N–H and O–H groups in total. The summed E-state index contributed by atoms with van der Waals surface area (Å²) < 4.78 is 37.9. The zero-order valence-electron chi connectivity index (χ0n) is 20.9. The van der Waals surface area contributed by atoms with Crippen LogP contribution in [0.15, 0.2) is 33.7 Å². The number of fused-ring (bicyclic) bond motifs is 1. The van der Waals surface area contributed by atoms with Crippen molar-refractivity contribution in [1.82, 2.24) is 0 Å². The highest BCUT2D eigenvalue weighted by Crippen LogP contribution is 2.44. The van der Waals surface area contributed by atoms with Crippen molar-refractivity contribution in [2.75, 3.05) is 35.0 Å². The van der Waals surface area contributed by atoms with Gasteiger partial charge >= 0.3 is 0 Å². The Bertz CT molecular complexity index is 1370. The maximum Gasteiger partial charge on any atom is 0.229 e. The van der Waals surface area contributed by atoms with E-state index in [1.807, 2.05) is 0 Å². The number of methoxy groups -OCH3 is 4. The minimum absolute atomic E-state index is 0.0373. The van der Waals surface area contributed by atoms with Crippen molar-refractivity contribution in [3.05, 3.63) is 34.7 Å². The van der Waals surface area contributed by atoms with E-state index in [-0.39, 0.29) is 33.8 Å². The highest BCUT2D eigenvalue weighted by Gasteiger charge is 2.45. The molecule has 1 aromatic heterocycles. The van der Waals surface area contributed by atoms with Gasteiger partial charge in [0.05, 0.1) is 40.6 Å². The van der Waals surface area contributed by atoms with Crippen LogP contribution in [0.2, 0.25) is 0 Å². The van der Waals surface area contributed by atoms with Crippen LogP contribution in [-0.4, -0.2) is 91.3 Å². The number of phenolic OH excluding ortho intramolecular Hbond substituents is 1. The predicted octanol–water partition coefficient (Wildman–Crippen LogP) is 0.379. The minimum Gasteiger partial charge on any atom is -0.504 e. The van der Waals surface area contributed by atoms with Crippen LogP contribution >= 0.6 is 0 Å². The number of hydrogen-bond acceptors (Lipinski definition) is 13. The Labute approximate surface area is 215 Å². The van der Waals surface area contributed by atoms with Crippen molar-refractivity contribution < 1.29 is 58.4 Å². The molecule has 0 radical (unpaired) electrons. The monoisotopic (exact) mass is 536 g/mol. The van der Waals surface area contributed by atoms with Gasteiger partial charge in [-0.05, 0) is 6.07 Å². The van der Waals surface area contributed by atoms with Crippen LogP contribution in [0.5, 0.6) is 34.5 Å². The third-order valence-corrected chi connectivity index (χ3v) is 6.25. The molecule has 2 aromatic carbocycles. The Kier molecular flexibility index (Phi) is 7.85. The van der Waals surface area contributed by atoms with Crippen LogP contribution in [-0.2, 0) is 4.74 Å². The summed E-state index contributed by atoms with van der Waals surface area (Å²) in [4.78, 5) is 13.6. The Morgan fingerprint density at radius 1 is 0.816 bits per heavy atom. The Morgan fingerprint density at radius 3 is 2.08 bits per heavy atom. The second-order valence-corrected chi connectivity index (χ2v) is 8.33. The summed E-state index contributed by atoms with van der Waals surface area (Å²) in [5, 5.41) is 50.5. The fourth-order valence-electron chi connectivity index (χ4n) is 4.23. The second kappa shape index (κ2) is 10.9. The number of aromatic hydroxyl groups is 1. The number of aliphatic hydroxyl groups excluding tert-OH is 4. The fraction of sp³-hybridized carbons (Fsp3) is 0.400. The summed E-state index contributed by atoms with van der Waals surface area (Å²) in [6, 6.07) is 4.29. The molecule has 5 atom stereocenters. The normalized spacial score (nSPS) is 23.2. The predicted molar refractivity (Wildman–Crippen MR) is 130 cm³/mol. The molecule has 38 heavy (non-hydrogen) atoms. The quantitative estimate of drug-likeness (QED) is 0.266. The number of aliphatic hydroxyl groups is 4. The first-order valence-electron chi connectivity index (χ1n) is 11.3. The molecule has 0 spiro atoms. The number of hydrogen-bond donors (Lipinski definition) is 5. The van der Waals surface area contributed by atoms with E-state index < -0.39 is 48.5 Å². The molecule has 0 amide bonds. The lowest BCUT2D eigenvalue weighted by Crippen LogP contribution is -2.60. The first-order chi connectivity index (χ1) is 18.2. The molecule has 0 bridgehead atoms. The van der Waals surface area contributed by atoms with E-state index in [0.717, 1.165) is 6.26 Å². The highest BCUT2D eigenvalue weighted by atomic mass is 16.7. The largest absolute Gasteiger partial charge is 0.504 e. The topological polar surface area (TPSA) is 187 Å². The minimum atomic E-state index is -1.72. The van der Waals surface area contributed by atoms with Crippen molar-refractivity contribution in [1.29, 1.82) is 0 Å². The number of rotatable bonds is 8. The molecule has 13 nitrogen and oxygen atoms in total. The molecule has 0 saturated carbocycles. The van der Waals surface area contributed by atoms with Crippen molar-refractivity contribution in [2.24, 2.45) is 0 Å². The lowest BCUT2D eigenvalue weighted by molar-refractivity contribution is -0.277. The fourth-order valence-corrected chi connectivity index (χ4v) is 4.23. The third kappa shape index (κ3) is 4.54. The lowest BCUT2D eigenvalue weighted by Gasteiger charge is -2.39. The smallest absolute Gasteiger partial charge is 0.229 e. The molecular formula is C25H28O13. The van der Waals surface area contributed by atoms with Crippen LogP contribution in [0, 0.1) is 0 Å². The summed E-state index contributed by atoms with van der Waals surface area (Å²) >= 11 is 0. The average molecular weight is 536 g/mol. The van der Waals surface area contributed by atoms with Gasteiger partial charge in [0.25, 0.3) is 0 Å². The molecule has 1 aliphatic heterocycles. The van der Waals surface area contributed by atoms with Gasteiger partial charge in [0.15, 0.2) is 23.0 Å². The lowest BCUT2D eigenvalue weighted by atomic mass is 9.99. The van der Waals surface area contributed by atoms with E-state index in [4.69, 9.17) is 32.8 Å². The van der Waals surface area contributed by atoms with Crippen molar-refractivity contribution in [2.45, 2.75) is 30.7 Å². The summed E-state index contributed by atoms with van der Waals surface area (Å²) in [5.41, 5.74) is -0.390. The number of ether oxygens (including phenoxy) is 6. The van der Waals surface area contributed by atoms with Crippen LogP contribution < -0.4 is 29.1 Å². The van der Waals surface area contributed by atoms with Crippen LogP contribution in [0.25, 0.3) is 22.1 Å². The maximum absolute atomic E-state index is 13.6. The van der Waals surface area contributed by atoms with E-state index in [1.165, 1.54) is 46.6 Å². The molecule has 1 fully saturated rings. The van der Waals surface area contributed by atoms with Crippen LogP contribution in [0.4, 0.5) is 0 Å². The van der Waals surface area contributed by atoms with Gasteiger partial charge in [-0.1, -0.05) is 0 Å². The van der Waals surface area contributed by atoms with Gasteiger partial charge < -0.3 is 58.4 Å². The third-order valence-electron chi connectivity index (χ3n) is 6.25. The molecule has 206 valence electrons. The summed E-state index contributed by atoms with van der Waals surface area (Å²) in [7, 11) is 5.51. The highest BCUT2D eigenvalue weighted by molar-refractivity contribution is 5.92. The zero-order valence-corrected chi connectivity index (χ0v) is 20.9. The Balaban J connectivity index is 1.82. The van der Waals surface area contributed by atoms with E-state index in [9.17, 15) is 30.3 Å². The first-order valence-corrected chi connectivity index (χ1v) is 11.3. The molecule has 1 saturated heterocycles. The van der Waals surface area contributed by atoms with Crippen LogP contribution in [0.3, 0.4) is 0 Å². The van der Waals surface area contributed by atoms with Crippen LogP contribution in [0.1, 0.15) is 0 Å².